The smallest absolute Gasteiger partial charge is 0.123 e. The highest BCUT2D eigenvalue weighted by Crippen LogP contribution is 2.35. The quantitative estimate of drug-likeness (QED) is 0.925. The summed E-state index contributed by atoms with van der Waals surface area (Å²) in [5.41, 5.74) is 3.76. The number of fused-ring (bicyclic) bond motifs is 1. The number of hydrogen-bond acceptors (Lipinski definition) is 3. The van der Waals surface area contributed by atoms with Crippen LogP contribution < -0.4 is 10.1 Å². The largest absolute Gasteiger partial charge is 0.487 e. The van der Waals surface area contributed by atoms with Crippen LogP contribution in [0.2, 0.25) is 0 Å². The average molecular weight is 268 g/mol. The van der Waals surface area contributed by atoms with E-state index in [4.69, 9.17) is 4.74 Å². The lowest BCUT2D eigenvalue weighted by atomic mass is 10.0. The maximum Gasteiger partial charge on any atom is 0.123 e. The third-order valence-corrected chi connectivity index (χ3v) is 3.51. The zero-order valence-electron chi connectivity index (χ0n) is 12.0. The molecule has 3 rings (SSSR count). The second kappa shape index (κ2) is 5.25. The first-order valence-corrected chi connectivity index (χ1v) is 7.03. The Hall–Kier alpha value is -1.87. The molecule has 0 radical (unpaired) electrons. The molecule has 0 saturated carbocycles. The Labute approximate surface area is 120 Å². The molecule has 0 fully saturated rings. The van der Waals surface area contributed by atoms with E-state index >= 15 is 0 Å². The number of ether oxygens (including phenoxy) is 1. The highest BCUT2D eigenvalue weighted by atomic mass is 16.5. The zero-order chi connectivity index (χ0) is 14.0. The number of pyridine rings is 1. The van der Waals surface area contributed by atoms with Crippen LogP contribution in [-0.4, -0.2) is 10.6 Å². The number of aromatic nitrogens is 1. The van der Waals surface area contributed by atoms with Gasteiger partial charge in [0.15, 0.2) is 0 Å². The van der Waals surface area contributed by atoms with E-state index in [2.05, 4.69) is 48.4 Å². The summed E-state index contributed by atoms with van der Waals surface area (Å²) in [5, 5.41) is 3.45. The Morgan fingerprint density at radius 1 is 1.20 bits per heavy atom. The fourth-order valence-electron chi connectivity index (χ4n) is 2.63. The molecule has 0 spiro atoms. The number of benzene rings is 1. The predicted octanol–water partition coefficient (Wildman–Crippen LogP) is 3.08. The van der Waals surface area contributed by atoms with E-state index in [9.17, 15) is 0 Å². The molecule has 3 nitrogen and oxygen atoms in total. The van der Waals surface area contributed by atoms with Crippen molar-refractivity contribution in [2.75, 3.05) is 0 Å². The highest BCUT2D eigenvalue weighted by Gasteiger charge is 2.29. The van der Waals surface area contributed by atoms with E-state index in [1.54, 1.807) is 6.20 Å². The molecule has 0 aliphatic carbocycles. The Morgan fingerprint density at radius 2 is 2.05 bits per heavy atom. The molecule has 0 saturated heterocycles. The molecule has 3 heteroatoms. The molecular formula is C17H20N2O. The van der Waals surface area contributed by atoms with Gasteiger partial charge in [-0.25, -0.2) is 0 Å². The van der Waals surface area contributed by atoms with Crippen LogP contribution >= 0.6 is 0 Å². The summed E-state index contributed by atoms with van der Waals surface area (Å²) in [6, 6.07) is 10.5. The Kier molecular flexibility index (Phi) is 3.45. The third kappa shape index (κ3) is 2.99. The van der Waals surface area contributed by atoms with Gasteiger partial charge in [0.05, 0.1) is 0 Å². The second-order valence-corrected chi connectivity index (χ2v) is 5.95. The van der Waals surface area contributed by atoms with E-state index < -0.39 is 0 Å². The van der Waals surface area contributed by atoms with E-state index in [0.29, 0.717) is 0 Å². The van der Waals surface area contributed by atoms with Gasteiger partial charge >= 0.3 is 0 Å². The molecule has 0 atom stereocenters. The first-order chi connectivity index (χ1) is 9.62. The fourth-order valence-corrected chi connectivity index (χ4v) is 2.63. The number of nitrogens with zero attached hydrogens (tertiary/aromatic N) is 1. The molecular weight excluding hydrogens is 248 g/mol. The van der Waals surface area contributed by atoms with Gasteiger partial charge in [0, 0.05) is 31.9 Å². The summed E-state index contributed by atoms with van der Waals surface area (Å²) in [5.74, 6) is 1.03. The summed E-state index contributed by atoms with van der Waals surface area (Å²) in [7, 11) is 0. The van der Waals surface area contributed by atoms with Crippen molar-refractivity contribution < 1.29 is 4.74 Å². The molecule has 1 aromatic heterocycles. The summed E-state index contributed by atoms with van der Waals surface area (Å²) >= 11 is 0. The Morgan fingerprint density at radius 3 is 2.85 bits per heavy atom. The van der Waals surface area contributed by atoms with Gasteiger partial charge in [-0.3, -0.25) is 4.98 Å². The van der Waals surface area contributed by atoms with Gasteiger partial charge in [0.25, 0.3) is 0 Å². The van der Waals surface area contributed by atoms with Crippen LogP contribution in [0.15, 0.2) is 42.7 Å². The van der Waals surface area contributed by atoms with Crippen molar-refractivity contribution >= 4 is 0 Å². The average Bonchev–Trinajstić information content (AvgIpc) is 2.73. The summed E-state index contributed by atoms with van der Waals surface area (Å²) in [6.07, 6.45) is 4.68. The van der Waals surface area contributed by atoms with E-state index in [1.807, 2.05) is 12.3 Å². The molecule has 2 heterocycles. The maximum absolute atomic E-state index is 5.89. The first-order valence-electron chi connectivity index (χ1n) is 7.03. The van der Waals surface area contributed by atoms with Crippen LogP contribution in [0.5, 0.6) is 5.75 Å². The van der Waals surface area contributed by atoms with Gasteiger partial charge in [0.1, 0.15) is 11.4 Å². The van der Waals surface area contributed by atoms with Crippen molar-refractivity contribution in [3.8, 4) is 5.75 Å². The summed E-state index contributed by atoms with van der Waals surface area (Å²) in [6.45, 7) is 5.97. The van der Waals surface area contributed by atoms with Gasteiger partial charge in [-0.2, -0.15) is 0 Å². The standard InChI is InChI=1S/C17H20N2O/c1-17(2)9-15-8-13(5-6-16(15)20-17)10-19-12-14-4-3-7-18-11-14/h3-8,11,19H,9-10,12H2,1-2H3. The lowest BCUT2D eigenvalue weighted by molar-refractivity contribution is 0.138. The molecule has 1 aromatic carbocycles. The van der Waals surface area contributed by atoms with Crippen molar-refractivity contribution in [1.29, 1.82) is 0 Å². The van der Waals surface area contributed by atoms with Crippen molar-refractivity contribution in [3.05, 3.63) is 59.4 Å². The van der Waals surface area contributed by atoms with E-state index in [1.165, 1.54) is 16.7 Å². The molecule has 1 aliphatic heterocycles. The van der Waals surface area contributed by atoms with Gasteiger partial charge in [0.2, 0.25) is 0 Å². The highest BCUT2D eigenvalue weighted by molar-refractivity contribution is 5.41. The van der Waals surface area contributed by atoms with Crippen LogP contribution in [0.3, 0.4) is 0 Å². The van der Waals surface area contributed by atoms with Gasteiger partial charge in [-0.1, -0.05) is 18.2 Å². The van der Waals surface area contributed by atoms with Crippen LogP contribution in [0.4, 0.5) is 0 Å². The number of rotatable bonds is 4. The van der Waals surface area contributed by atoms with Crippen molar-refractivity contribution in [3.63, 3.8) is 0 Å². The molecule has 0 bridgehead atoms. The molecule has 1 N–H and O–H groups in total. The van der Waals surface area contributed by atoms with Crippen LogP contribution in [0.25, 0.3) is 0 Å². The maximum atomic E-state index is 5.89. The topological polar surface area (TPSA) is 34.2 Å². The monoisotopic (exact) mass is 268 g/mol. The van der Waals surface area contributed by atoms with Crippen molar-refractivity contribution in [1.82, 2.24) is 10.3 Å². The lowest BCUT2D eigenvalue weighted by Crippen LogP contribution is -2.24. The van der Waals surface area contributed by atoms with Crippen LogP contribution in [0.1, 0.15) is 30.5 Å². The molecule has 0 unspecified atom stereocenters. The molecule has 0 amide bonds. The van der Waals surface area contributed by atoms with Crippen molar-refractivity contribution in [2.24, 2.45) is 0 Å². The van der Waals surface area contributed by atoms with Crippen molar-refractivity contribution in [2.45, 2.75) is 39.0 Å². The van der Waals surface area contributed by atoms with Crippen LogP contribution in [-0.2, 0) is 19.5 Å². The summed E-state index contributed by atoms with van der Waals surface area (Å²) in [4.78, 5) is 4.12. The molecule has 1 aliphatic rings. The third-order valence-electron chi connectivity index (χ3n) is 3.51. The molecule has 104 valence electrons. The van der Waals surface area contributed by atoms with Gasteiger partial charge in [-0.05, 0) is 42.7 Å². The molecule has 20 heavy (non-hydrogen) atoms. The fraction of sp³-hybridized carbons (Fsp3) is 0.353. The first kappa shape index (κ1) is 13.1. The van der Waals surface area contributed by atoms with E-state index in [0.717, 1.165) is 25.3 Å². The predicted molar refractivity (Wildman–Crippen MR) is 79.6 cm³/mol. The minimum absolute atomic E-state index is 0.0654. The number of hydrogen-bond donors (Lipinski definition) is 1. The van der Waals surface area contributed by atoms with Gasteiger partial charge < -0.3 is 10.1 Å². The van der Waals surface area contributed by atoms with Crippen LogP contribution in [0, 0.1) is 0 Å². The zero-order valence-corrected chi connectivity index (χ0v) is 12.0. The van der Waals surface area contributed by atoms with Gasteiger partial charge in [-0.15, -0.1) is 0 Å². The SMILES string of the molecule is CC1(C)Cc2cc(CNCc3cccnc3)ccc2O1. The normalized spacial score (nSPS) is 15.7. The Bertz CT molecular complexity index is 593. The molecule has 2 aromatic rings. The number of nitrogens with one attached hydrogen (secondary N) is 1. The second-order valence-electron chi connectivity index (χ2n) is 5.95. The van der Waals surface area contributed by atoms with E-state index in [-0.39, 0.29) is 5.60 Å². The lowest BCUT2D eigenvalue weighted by Gasteiger charge is -2.16. The minimum atomic E-state index is -0.0654. The Balaban J connectivity index is 1.60. The summed E-state index contributed by atoms with van der Waals surface area (Å²) < 4.78 is 5.89. The minimum Gasteiger partial charge on any atom is -0.487 e.